The number of benzene rings is 1. The quantitative estimate of drug-likeness (QED) is 0.666. The van der Waals surface area contributed by atoms with Crippen molar-refractivity contribution in [3.8, 4) is 0 Å². The standard InChI is InChI=1S/C21H25FN4/c1-3-16-9-13-26(20(16)8-10-24-2)15-18-7-6-17(14-19(18)22)21(23)25-11-4-5-12-25/h3,6-10,13-14,23H,4-5,11-12,15H2,1-2H3/b16-3-,20-8+,23-21?,24-10?. The van der Waals surface area contributed by atoms with E-state index >= 15 is 0 Å². The molecule has 0 radical (unpaired) electrons. The van der Waals surface area contributed by atoms with Crippen molar-refractivity contribution in [3.63, 3.8) is 0 Å². The number of nitrogens with one attached hydrogen (secondary N) is 1. The van der Waals surface area contributed by atoms with Crippen LogP contribution in [0.3, 0.4) is 0 Å². The fraction of sp³-hybridized carbons (Fsp3) is 0.333. The van der Waals surface area contributed by atoms with Gasteiger partial charge in [-0.3, -0.25) is 10.4 Å². The number of nitrogens with zero attached hydrogens (tertiary/aromatic N) is 3. The van der Waals surface area contributed by atoms with Gasteiger partial charge in [-0.05, 0) is 43.2 Å². The highest BCUT2D eigenvalue weighted by Gasteiger charge is 2.17. The molecular weight excluding hydrogens is 327 g/mol. The van der Waals surface area contributed by atoms with Gasteiger partial charge in [-0.25, -0.2) is 4.39 Å². The maximum atomic E-state index is 14.7. The Kier molecular flexibility index (Phi) is 5.66. The molecule has 1 aliphatic rings. The van der Waals surface area contributed by atoms with Gasteiger partial charge < -0.3 is 9.47 Å². The molecule has 2 aromatic rings. The maximum Gasteiger partial charge on any atom is 0.128 e. The molecule has 26 heavy (non-hydrogen) atoms. The second-order valence-corrected chi connectivity index (χ2v) is 6.50. The lowest BCUT2D eigenvalue weighted by Crippen LogP contribution is -2.29. The van der Waals surface area contributed by atoms with E-state index in [0.717, 1.165) is 36.5 Å². The number of halogens is 1. The SMILES string of the molecule is C/C=c1/ccn(Cc2ccc(C(=N)N3CCCC3)cc2F)/c1=C/C=NC. The lowest BCUT2D eigenvalue weighted by molar-refractivity contribution is 0.516. The smallest absolute Gasteiger partial charge is 0.128 e. The van der Waals surface area contributed by atoms with Crippen molar-refractivity contribution in [1.29, 1.82) is 5.41 Å². The Morgan fingerprint density at radius 1 is 1.27 bits per heavy atom. The first-order chi connectivity index (χ1) is 12.6. The summed E-state index contributed by atoms with van der Waals surface area (Å²) in [6, 6.07) is 7.16. The molecule has 0 amide bonds. The van der Waals surface area contributed by atoms with Gasteiger partial charge in [0.2, 0.25) is 0 Å². The summed E-state index contributed by atoms with van der Waals surface area (Å²) in [6.45, 7) is 4.21. The van der Waals surface area contributed by atoms with Crippen molar-refractivity contribution in [2.45, 2.75) is 26.3 Å². The molecule has 0 unspecified atom stereocenters. The highest BCUT2D eigenvalue weighted by atomic mass is 19.1. The van der Waals surface area contributed by atoms with Gasteiger partial charge in [0.05, 0.1) is 6.54 Å². The van der Waals surface area contributed by atoms with E-state index in [2.05, 4.69) is 4.99 Å². The summed E-state index contributed by atoms with van der Waals surface area (Å²) in [7, 11) is 1.73. The predicted octanol–water partition coefficient (Wildman–Crippen LogP) is 2.38. The highest BCUT2D eigenvalue weighted by molar-refractivity contribution is 5.96. The van der Waals surface area contributed by atoms with E-state index in [0.29, 0.717) is 23.5 Å². The average Bonchev–Trinajstić information content (AvgIpc) is 3.31. The van der Waals surface area contributed by atoms with Gasteiger partial charge in [-0.2, -0.15) is 0 Å². The molecule has 4 nitrogen and oxygen atoms in total. The van der Waals surface area contributed by atoms with Crippen LogP contribution in [0.25, 0.3) is 12.2 Å². The van der Waals surface area contributed by atoms with Gasteiger partial charge in [-0.1, -0.05) is 18.2 Å². The van der Waals surface area contributed by atoms with Crippen molar-refractivity contribution in [2.75, 3.05) is 20.1 Å². The Balaban J connectivity index is 1.88. The van der Waals surface area contributed by atoms with Gasteiger partial charge in [0.1, 0.15) is 11.7 Å². The number of aromatic nitrogens is 1. The molecule has 1 N–H and O–H groups in total. The van der Waals surface area contributed by atoms with Gasteiger partial charge in [0, 0.05) is 49.0 Å². The molecule has 0 spiro atoms. The summed E-state index contributed by atoms with van der Waals surface area (Å²) in [6.07, 6.45) is 9.88. The Morgan fingerprint density at radius 3 is 2.69 bits per heavy atom. The molecule has 1 aromatic carbocycles. The van der Waals surface area contributed by atoms with E-state index in [1.54, 1.807) is 19.3 Å². The molecule has 0 atom stereocenters. The molecule has 2 heterocycles. The Labute approximate surface area is 153 Å². The minimum atomic E-state index is -0.266. The fourth-order valence-electron chi connectivity index (χ4n) is 3.35. The Bertz CT molecular complexity index is 933. The predicted molar refractivity (Wildman–Crippen MR) is 106 cm³/mol. The van der Waals surface area contributed by atoms with E-state index in [9.17, 15) is 4.39 Å². The van der Waals surface area contributed by atoms with Gasteiger partial charge in [-0.15, -0.1) is 0 Å². The fourth-order valence-corrected chi connectivity index (χ4v) is 3.35. The number of likely N-dealkylation sites (tertiary alicyclic amines) is 1. The van der Waals surface area contributed by atoms with Crippen LogP contribution < -0.4 is 10.6 Å². The second kappa shape index (κ2) is 8.13. The minimum absolute atomic E-state index is 0.266. The number of hydrogen-bond donors (Lipinski definition) is 1. The van der Waals surface area contributed by atoms with Crippen LogP contribution in [0, 0.1) is 11.2 Å². The van der Waals surface area contributed by atoms with E-state index in [4.69, 9.17) is 5.41 Å². The number of amidine groups is 1. The van der Waals surface area contributed by atoms with Gasteiger partial charge >= 0.3 is 0 Å². The normalized spacial score (nSPS) is 16.2. The van der Waals surface area contributed by atoms with Crippen LogP contribution in [-0.2, 0) is 6.54 Å². The molecule has 1 saturated heterocycles. The van der Waals surface area contributed by atoms with Crippen molar-refractivity contribution in [1.82, 2.24) is 9.47 Å². The molecule has 0 saturated carbocycles. The number of rotatable bonds is 4. The van der Waals surface area contributed by atoms with Crippen molar-refractivity contribution in [3.05, 3.63) is 58.0 Å². The van der Waals surface area contributed by atoms with Gasteiger partial charge in [0.15, 0.2) is 0 Å². The van der Waals surface area contributed by atoms with Crippen LogP contribution in [0.4, 0.5) is 4.39 Å². The topological polar surface area (TPSA) is 44.4 Å². The van der Waals surface area contributed by atoms with Crippen molar-refractivity contribution in [2.24, 2.45) is 4.99 Å². The molecule has 5 heteroatoms. The molecule has 1 fully saturated rings. The third kappa shape index (κ3) is 3.77. The van der Waals surface area contributed by atoms with Gasteiger partial charge in [0.25, 0.3) is 0 Å². The van der Waals surface area contributed by atoms with E-state index in [1.165, 1.54) is 6.07 Å². The van der Waals surface area contributed by atoms with Crippen molar-refractivity contribution < 1.29 is 4.39 Å². The maximum absolute atomic E-state index is 14.7. The van der Waals surface area contributed by atoms with Crippen LogP contribution in [0.1, 0.15) is 30.9 Å². The Morgan fingerprint density at radius 2 is 2.04 bits per heavy atom. The molecule has 1 aromatic heterocycles. The monoisotopic (exact) mass is 352 g/mol. The zero-order chi connectivity index (χ0) is 18.5. The second-order valence-electron chi connectivity index (χ2n) is 6.50. The lowest BCUT2D eigenvalue weighted by atomic mass is 10.1. The average molecular weight is 352 g/mol. The first kappa shape index (κ1) is 18.1. The molecule has 136 valence electrons. The Hall–Kier alpha value is -2.69. The number of hydrogen-bond acceptors (Lipinski definition) is 2. The summed E-state index contributed by atoms with van der Waals surface area (Å²) in [4.78, 5) is 6.03. The first-order valence-electron chi connectivity index (χ1n) is 9.00. The first-order valence-corrected chi connectivity index (χ1v) is 9.00. The summed E-state index contributed by atoms with van der Waals surface area (Å²) in [5.41, 5.74) is 1.26. The van der Waals surface area contributed by atoms with E-state index in [-0.39, 0.29) is 5.82 Å². The zero-order valence-electron chi connectivity index (χ0n) is 15.4. The summed E-state index contributed by atoms with van der Waals surface area (Å²) < 4.78 is 16.7. The van der Waals surface area contributed by atoms with Crippen LogP contribution >= 0.6 is 0 Å². The third-order valence-corrected chi connectivity index (χ3v) is 4.82. The molecule has 0 aliphatic carbocycles. The van der Waals surface area contributed by atoms with Crippen LogP contribution in [0.5, 0.6) is 0 Å². The zero-order valence-corrected chi connectivity index (χ0v) is 15.4. The number of aliphatic imine (C=N–C) groups is 1. The summed E-state index contributed by atoms with van der Waals surface area (Å²) in [5.74, 6) is 0.155. The van der Waals surface area contributed by atoms with E-state index in [1.807, 2.05) is 46.9 Å². The molecular formula is C21H25FN4. The van der Waals surface area contributed by atoms with Crippen LogP contribution in [-0.4, -0.2) is 41.7 Å². The molecule has 1 aliphatic heterocycles. The van der Waals surface area contributed by atoms with Crippen LogP contribution in [0.2, 0.25) is 0 Å². The summed E-state index contributed by atoms with van der Waals surface area (Å²) >= 11 is 0. The van der Waals surface area contributed by atoms with Crippen LogP contribution in [0.15, 0.2) is 35.5 Å². The molecule has 3 rings (SSSR count). The van der Waals surface area contributed by atoms with Crippen molar-refractivity contribution >= 4 is 24.2 Å². The largest absolute Gasteiger partial charge is 0.357 e. The minimum Gasteiger partial charge on any atom is -0.357 e. The third-order valence-electron chi connectivity index (χ3n) is 4.82. The van der Waals surface area contributed by atoms with E-state index < -0.39 is 0 Å². The highest BCUT2D eigenvalue weighted by Crippen LogP contribution is 2.16. The molecule has 0 bridgehead atoms. The summed E-state index contributed by atoms with van der Waals surface area (Å²) in [5, 5.41) is 10.4. The lowest BCUT2D eigenvalue weighted by Gasteiger charge is -2.19.